The fourth-order valence-corrected chi connectivity index (χ4v) is 3.12. The van der Waals surface area contributed by atoms with Crippen molar-refractivity contribution in [3.8, 4) is 0 Å². The molecule has 20 heavy (non-hydrogen) atoms. The minimum absolute atomic E-state index is 0.126. The molecule has 0 aromatic carbocycles. The molecule has 1 N–H and O–H groups in total. The molecule has 2 heterocycles. The lowest BCUT2D eigenvalue weighted by atomic mass is 9.92. The van der Waals surface area contributed by atoms with E-state index in [0.717, 1.165) is 18.7 Å². The Morgan fingerprint density at radius 1 is 1.50 bits per heavy atom. The summed E-state index contributed by atoms with van der Waals surface area (Å²) in [6.07, 6.45) is 1.31. The van der Waals surface area contributed by atoms with Crippen LogP contribution in [-0.4, -0.2) is 23.3 Å². The third-order valence-corrected chi connectivity index (χ3v) is 4.31. The quantitative estimate of drug-likeness (QED) is 0.848. The highest BCUT2D eigenvalue weighted by atomic mass is 32.1. The highest BCUT2D eigenvalue weighted by molar-refractivity contribution is 7.14. The first kappa shape index (κ1) is 15.1. The average Bonchev–Trinajstić information content (AvgIpc) is 2.91. The van der Waals surface area contributed by atoms with Crippen molar-refractivity contribution < 1.29 is 9.59 Å². The summed E-state index contributed by atoms with van der Waals surface area (Å²) in [5.41, 5.74) is 0.262. The van der Waals surface area contributed by atoms with Gasteiger partial charge in [0.15, 0.2) is 5.13 Å². The zero-order chi connectivity index (χ0) is 14.9. The van der Waals surface area contributed by atoms with E-state index in [1.807, 2.05) is 12.3 Å². The first-order valence-electron chi connectivity index (χ1n) is 6.93. The highest BCUT2D eigenvalue weighted by Crippen LogP contribution is 2.36. The molecule has 1 atom stereocenters. The van der Waals surface area contributed by atoms with Gasteiger partial charge in [-0.05, 0) is 19.9 Å². The molecule has 1 saturated heterocycles. The number of aromatic nitrogens is 1. The lowest BCUT2D eigenvalue weighted by molar-refractivity contribution is -0.124. The molecule has 1 aliphatic heterocycles. The standard InChI is InChI=1S/C14H21N3O2S/c1-5-6-15-9(2)10-8-20-13(16-10)17-11(18)7-14(3,4)12(17)19/h8-9,15H,5-7H2,1-4H3. The van der Waals surface area contributed by atoms with Crippen LogP contribution in [0.1, 0.15) is 52.3 Å². The second-order valence-corrected chi connectivity index (χ2v) is 6.66. The minimum atomic E-state index is -0.616. The van der Waals surface area contributed by atoms with E-state index in [2.05, 4.69) is 17.2 Å². The molecular weight excluding hydrogens is 274 g/mol. The minimum Gasteiger partial charge on any atom is -0.309 e. The summed E-state index contributed by atoms with van der Waals surface area (Å²) in [4.78, 5) is 29.9. The number of hydrogen-bond acceptors (Lipinski definition) is 5. The lowest BCUT2D eigenvalue weighted by Gasteiger charge is -2.15. The van der Waals surface area contributed by atoms with Crippen molar-refractivity contribution >= 4 is 28.3 Å². The summed E-state index contributed by atoms with van der Waals surface area (Å²) in [5, 5.41) is 5.75. The topological polar surface area (TPSA) is 62.3 Å². The molecule has 2 rings (SSSR count). The molecule has 1 unspecified atom stereocenters. The van der Waals surface area contributed by atoms with E-state index in [1.165, 1.54) is 16.2 Å². The van der Waals surface area contributed by atoms with Gasteiger partial charge >= 0.3 is 0 Å². The van der Waals surface area contributed by atoms with E-state index >= 15 is 0 Å². The smallest absolute Gasteiger partial charge is 0.241 e. The number of hydrogen-bond donors (Lipinski definition) is 1. The van der Waals surface area contributed by atoms with Gasteiger partial charge in [-0.15, -0.1) is 11.3 Å². The maximum absolute atomic E-state index is 12.2. The molecule has 0 saturated carbocycles. The van der Waals surface area contributed by atoms with Crippen LogP contribution in [0.4, 0.5) is 5.13 Å². The number of thiazole rings is 1. The molecule has 0 spiro atoms. The Morgan fingerprint density at radius 2 is 2.20 bits per heavy atom. The van der Waals surface area contributed by atoms with Gasteiger partial charge in [-0.2, -0.15) is 0 Å². The van der Waals surface area contributed by atoms with Crippen LogP contribution in [0.3, 0.4) is 0 Å². The molecule has 110 valence electrons. The molecule has 5 nitrogen and oxygen atoms in total. The van der Waals surface area contributed by atoms with E-state index in [9.17, 15) is 9.59 Å². The van der Waals surface area contributed by atoms with Gasteiger partial charge in [-0.25, -0.2) is 9.88 Å². The van der Waals surface area contributed by atoms with Crippen molar-refractivity contribution in [2.75, 3.05) is 11.4 Å². The molecule has 2 amide bonds. The van der Waals surface area contributed by atoms with Gasteiger partial charge < -0.3 is 5.32 Å². The molecule has 1 aromatic rings. The van der Waals surface area contributed by atoms with Gasteiger partial charge in [0.25, 0.3) is 0 Å². The predicted molar refractivity (Wildman–Crippen MR) is 79.7 cm³/mol. The van der Waals surface area contributed by atoms with E-state index in [4.69, 9.17) is 0 Å². The maximum Gasteiger partial charge on any atom is 0.241 e. The Kier molecular flexibility index (Phi) is 4.25. The molecule has 1 aromatic heterocycles. The number of nitrogens with one attached hydrogen (secondary N) is 1. The summed E-state index contributed by atoms with van der Waals surface area (Å²) in [7, 11) is 0. The zero-order valence-corrected chi connectivity index (χ0v) is 13.2. The Balaban J connectivity index is 2.17. The number of amides is 2. The van der Waals surface area contributed by atoms with Crippen LogP contribution >= 0.6 is 11.3 Å². The van der Waals surface area contributed by atoms with Crippen molar-refractivity contribution in [1.29, 1.82) is 0 Å². The summed E-state index contributed by atoms with van der Waals surface area (Å²) < 4.78 is 0. The Morgan fingerprint density at radius 3 is 2.75 bits per heavy atom. The summed E-state index contributed by atoms with van der Waals surface area (Å²) >= 11 is 1.35. The Labute approximate surface area is 123 Å². The SMILES string of the molecule is CCCNC(C)c1csc(N2C(=O)CC(C)(C)C2=O)n1. The molecule has 6 heteroatoms. The zero-order valence-electron chi connectivity index (χ0n) is 12.4. The molecular formula is C14H21N3O2S. The van der Waals surface area contributed by atoms with Crippen molar-refractivity contribution in [2.24, 2.45) is 5.41 Å². The second kappa shape index (κ2) is 5.61. The van der Waals surface area contributed by atoms with Gasteiger partial charge in [-0.3, -0.25) is 9.59 Å². The van der Waals surface area contributed by atoms with Gasteiger partial charge in [-0.1, -0.05) is 20.8 Å². The maximum atomic E-state index is 12.2. The lowest BCUT2D eigenvalue weighted by Crippen LogP contribution is -2.33. The molecule has 1 aliphatic rings. The second-order valence-electron chi connectivity index (χ2n) is 5.83. The number of imide groups is 1. The third kappa shape index (κ3) is 2.76. The van der Waals surface area contributed by atoms with E-state index in [0.29, 0.717) is 5.13 Å². The molecule has 0 radical (unpaired) electrons. The van der Waals surface area contributed by atoms with Crippen molar-refractivity contribution in [1.82, 2.24) is 10.3 Å². The van der Waals surface area contributed by atoms with Gasteiger partial charge in [0.05, 0.1) is 11.1 Å². The van der Waals surface area contributed by atoms with Crippen molar-refractivity contribution in [3.63, 3.8) is 0 Å². The molecule has 0 bridgehead atoms. The van der Waals surface area contributed by atoms with Crippen LogP contribution in [-0.2, 0) is 9.59 Å². The summed E-state index contributed by atoms with van der Waals surface area (Å²) in [6.45, 7) is 8.66. The fourth-order valence-electron chi connectivity index (χ4n) is 2.19. The number of nitrogens with zero attached hydrogens (tertiary/aromatic N) is 2. The number of rotatable bonds is 5. The van der Waals surface area contributed by atoms with E-state index in [-0.39, 0.29) is 24.3 Å². The largest absolute Gasteiger partial charge is 0.309 e. The fraction of sp³-hybridized carbons (Fsp3) is 0.643. The average molecular weight is 295 g/mol. The summed E-state index contributed by atoms with van der Waals surface area (Å²) in [5.74, 6) is -0.312. The van der Waals surface area contributed by atoms with Gasteiger partial charge in [0.1, 0.15) is 0 Å². The number of anilines is 1. The normalized spacial score (nSPS) is 19.7. The summed E-state index contributed by atoms with van der Waals surface area (Å²) in [6, 6.07) is 0.126. The van der Waals surface area contributed by atoms with Crippen molar-refractivity contribution in [3.05, 3.63) is 11.1 Å². The first-order valence-corrected chi connectivity index (χ1v) is 7.81. The van der Waals surface area contributed by atoms with Crippen LogP contribution in [0.5, 0.6) is 0 Å². The highest BCUT2D eigenvalue weighted by Gasteiger charge is 2.46. The van der Waals surface area contributed by atoms with Crippen LogP contribution in [0.15, 0.2) is 5.38 Å². The van der Waals surface area contributed by atoms with Gasteiger partial charge in [0.2, 0.25) is 11.8 Å². The molecule has 0 aliphatic carbocycles. The van der Waals surface area contributed by atoms with Crippen LogP contribution in [0.2, 0.25) is 0 Å². The van der Waals surface area contributed by atoms with E-state index < -0.39 is 5.41 Å². The van der Waals surface area contributed by atoms with Crippen LogP contribution in [0.25, 0.3) is 0 Å². The number of carbonyl (C=O) groups is 2. The third-order valence-electron chi connectivity index (χ3n) is 3.47. The molecule has 1 fully saturated rings. The number of carbonyl (C=O) groups excluding carboxylic acids is 2. The first-order chi connectivity index (χ1) is 9.36. The Hall–Kier alpha value is -1.27. The van der Waals surface area contributed by atoms with Crippen LogP contribution < -0.4 is 10.2 Å². The van der Waals surface area contributed by atoms with E-state index in [1.54, 1.807) is 13.8 Å². The predicted octanol–water partition coefficient (Wildman–Crippen LogP) is 2.49. The van der Waals surface area contributed by atoms with Crippen LogP contribution in [0, 0.1) is 5.41 Å². The Bertz CT molecular complexity index is 524. The monoisotopic (exact) mass is 295 g/mol. The van der Waals surface area contributed by atoms with Crippen molar-refractivity contribution in [2.45, 2.75) is 46.6 Å². The van der Waals surface area contributed by atoms with Gasteiger partial charge in [0, 0.05) is 17.8 Å².